The number of benzene rings is 1. The van der Waals surface area contributed by atoms with Gasteiger partial charge in [-0.3, -0.25) is 24.6 Å². The van der Waals surface area contributed by atoms with E-state index in [1.165, 1.54) is 51.2 Å². The zero-order valence-corrected chi connectivity index (χ0v) is 18.0. The van der Waals surface area contributed by atoms with Gasteiger partial charge in [-0.25, -0.2) is 0 Å². The van der Waals surface area contributed by atoms with Crippen LogP contribution < -0.4 is 5.32 Å². The number of imide groups is 1. The SMILES string of the molecule is COC(=O)[C@]1(C)N[C@H](c2ccc(SC3CCCCC3)cc2)[C@@H]2C(=O)N(C)C(=O)[C@@H]21. The van der Waals surface area contributed by atoms with Gasteiger partial charge in [-0.1, -0.05) is 31.4 Å². The zero-order chi connectivity index (χ0) is 20.8. The van der Waals surface area contributed by atoms with Crippen LogP contribution in [0.4, 0.5) is 0 Å². The van der Waals surface area contributed by atoms with Gasteiger partial charge in [0.05, 0.1) is 18.9 Å². The fraction of sp³-hybridized carbons (Fsp3) is 0.591. The first kappa shape index (κ1) is 20.4. The van der Waals surface area contributed by atoms with Crippen molar-refractivity contribution in [2.24, 2.45) is 11.8 Å². The second kappa shape index (κ2) is 7.76. The van der Waals surface area contributed by atoms with Gasteiger partial charge >= 0.3 is 5.97 Å². The summed E-state index contributed by atoms with van der Waals surface area (Å²) in [5, 5.41) is 3.94. The van der Waals surface area contributed by atoms with E-state index >= 15 is 0 Å². The van der Waals surface area contributed by atoms with Crippen LogP contribution in [0.2, 0.25) is 0 Å². The van der Waals surface area contributed by atoms with Crippen LogP contribution in [0.15, 0.2) is 29.2 Å². The van der Waals surface area contributed by atoms with Gasteiger partial charge in [0, 0.05) is 23.2 Å². The van der Waals surface area contributed by atoms with E-state index in [1.54, 1.807) is 6.92 Å². The molecule has 7 heteroatoms. The monoisotopic (exact) mass is 416 g/mol. The Kier molecular flexibility index (Phi) is 5.46. The van der Waals surface area contributed by atoms with E-state index in [0.29, 0.717) is 5.25 Å². The smallest absolute Gasteiger partial charge is 0.326 e. The van der Waals surface area contributed by atoms with Crippen molar-refractivity contribution in [1.29, 1.82) is 0 Å². The quantitative estimate of drug-likeness (QED) is 0.601. The van der Waals surface area contributed by atoms with Crippen LogP contribution in [0.25, 0.3) is 0 Å². The Bertz CT molecular complexity index is 821. The predicted molar refractivity (Wildman–Crippen MR) is 110 cm³/mol. The average Bonchev–Trinajstić information content (AvgIpc) is 3.18. The second-order valence-electron chi connectivity index (χ2n) is 8.50. The maximum Gasteiger partial charge on any atom is 0.326 e. The van der Waals surface area contributed by atoms with E-state index in [9.17, 15) is 14.4 Å². The summed E-state index contributed by atoms with van der Waals surface area (Å²) in [6.07, 6.45) is 6.48. The highest BCUT2D eigenvalue weighted by atomic mass is 32.2. The molecule has 0 aromatic heterocycles. The molecule has 1 N–H and O–H groups in total. The number of fused-ring (bicyclic) bond motifs is 1. The molecule has 3 aliphatic rings. The molecule has 0 spiro atoms. The number of esters is 1. The Morgan fingerprint density at radius 2 is 1.79 bits per heavy atom. The van der Waals surface area contributed by atoms with E-state index in [-0.39, 0.29) is 11.8 Å². The molecular weight excluding hydrogens is 388 g/mol. The van der Waals surface area contributed by atoms with Crippen LogP contribution in [0.1, 0.15) is 50.6 Å². The summed E-state index contributed by atoms with van der Waals surface area (Å²) in [6, 6.07) is 7.80. The Morgan fingerprint density at radius 1 is 1.14 bits per heavy atom. The molecule has 156 valence electrons. The number of carbonyl (C=O) groups is 3. The number of methoxy groups -OCH3 is 1. The fourth-order valence-corrected chi connectivity index (χ4v) is 6.35. The fourth-order valence-electron chi connectivity index (χ4n) is 5.10. The van der Waals surface area contributed by atoms with Crippen molar-refractivity contribution in [2.75, 3.05) is 14.2 Å². The molecule has 2 saturated heterocycles. The third-order valence-corrected chi connectivity index (χ3v) is 8.06. The molecule has 1 saturated carbocycles. The molecule has 1 aliphatic carbocycles. The lowest BCUT2D eigenvalue weighted by Crippen LogP contribution is -2.53. The number of amides is 2. The molecule has 4 atom stereocenters. The largest absolute Gasteiger partial charge is 0.468 e. The number of rotatable bonds is 4. The van der Waals surface area contributed by atoms with Gasteiger partial charge in [0.15, 0.2) is 0 Å². The van der Waals surface area contributed by atoms with E-state index in [0.717, 1.165) is 10.5 Å². The topological polar surface area (TPSA) is 75.7 Å². The van der Waals surface area contributed by atoms with Gasteiger partial charge < -0.3 is 4.74 Å². The molecule has 1 aromatic rings. The van der Waals surface area contributed by atoms with Crippen LogP contribution in [0.3, 0.4) is 0 Å². The van der Waals surface area contributed by atoms with Gasteiger partial charge in [0.1, 0.15) is 5.54 Å². The summed E-state index contributed by atoms with van der Waals surface area (Å²) < 4.78 is 4.97. The Hall–Kier alpha value is -1.86. The molecule has 0 radical (unpaired) electrons. The molecular formula is C22H28N2O4S. The van der Waals surface area contributed by atoms with Gasteiger partial charge in [-0.15, -0.1) is 11.8 Å². The highest BCUT2D eigenvalue weighted by Gasteiger charge is 2.66. The lowest BCUT2D eigenvalue weighted by Gasteiger charge is -2.28. The van der Waals surface area contributed by atoms with Gasteiger partial charge in [0.2, 0.25) is 11.8 Å². The maximum absolute atomic E-state index is 12.8. The number of ether oxygens (including phenoxy) is 1. The van der Waals surface area contributed by atoms with Crippen LogP contribution in [-0.2, 0) is 19.1 Å². The number of nitrogens with zero attached hydrogens (tertiary/aromatic N) is 1. The average molecular weight is 417 g/mol. The van der Waals surface area contributed by atoms with Crippen molar-refractivity contribution < 1.29 is 19.1 Å². The zero-order valence-electron chi connectivity index (χ0n) is 17.1. The standard InChI is InChI=1S/C22H28N2O4S/c1-22(21(27)28-3)17-16(19(25)24(2)20(17)26)18(23-22)13-9-11-15(12-10-13)29-14-7-5-4-6-8-14/h9-12,14,16-18,23H,4-8H2,1-3H3/t16-,17-,18-,22-/m1/s1. The molecule has 29 heavy (non-hydrogen) atoms. The molecule has 0 unspecified atom stereocenters. The van der Waals surface area contributed by atoms with E-state index in [4.69, 9.17) is 4.74 Å². The summed E-state index contributed by atoms with van der Waals surface area (Å²) in [5.41, 5.74) is -0.311. The summed E-state index contributed by atoms with van der Waals surface area (Å²) in [5.74, 6) is -2.45. The number of hydrogen-bond donors (Lipinski definition) is 1. The summed E-state index contributed by atoms with van der Waals surface area (Å²) in [4.78, 5) is 40.4. The molecule has 6 nitrogen and oxygen atoms in total. The van der Waals surface area contributed by atoms with Crippen LogP contribution in [-0.4, -0.2) is 47.6 Å². The van der Waals surface area contributed by atoms with Crippen molar-refractivity contribution >= 4 is 29.5 Å². The first-order valence-electron chi connectivity index (χ1n) is 10.3. The minimum absolute atomic E-state index is 0.245. The normalized spacial score (nSPS) is 32.5. The number of thioether (sulfide) groups is 1. The van der Waals surface area contributed by atoms with E-state index in [2.05, 4.69) is 17.4 Å². The van der Waals surface area contributed by atoms with Crippen molar-refractivity contribution in [1.82, 2.24) is 10.2 Å². The predicted octanol–water partition coefficient (Wildman–Crippen LogP) is 2.92. The van der Waals surface area contributed by atoms with Crippen molar-refractivity contribution in [3.8, 4) is 0 Å². The molecule has 0 bridgehead atoms. The third kappa shape index (κ3) is 3.38. The Morgan fingerprint density at radius 3 is 2.41 bits per heavy atom. The highest BCUT2D eigenvalue weighted by Crippen LogP contribution is 2.48. The number of hydrogen-bond acceptors (Lipinski definition) is 6. The first-order valence-corrected chi connectivity index (χ1v) is 11.2. The summed E-state index contributed by atoms with van der Waals surface area (Å²) in [7, 11) is 2.79. The molecule has 2 amide bonds. The summed E-state index contributed by atoms with van der Waals surface area (Å²) >= 11 is 1.92. The highest BCUT2D eigenvalue weighted by molar-refractivity contribution is 8.00. The summed E-state index contributed by atoms with van der Waals surface area (Å²) in [6.45, 7) is 1.66. The van der Waals surface area contributed by atoms with E-state index in [1.807, 2.05) is 23.9 Å². The van der Waals surface area contributed by atoms with E-state index < -0.39 is 29.4 Å². The van der Waals surface area contributed by atoms with Crippen molar-refractivity contribution in [3.63, 3.8) is 0 Å². The Labute approximate surface area is 175 Å². The Balaban J connectivity index is 1.59. The van der Waals surface area contributed by atoms with Gasteiger partial charge in [0.25, 0.3) is 0 Å². The molecule has 1 aromatic carbocycles. The molecule has 2 aliphatic heterocycles. The minimum atomic E-state index is -1.23. The van der Waals surface area contributed by atoms with Gasteiger partial charge in [-0.2, -0.15) is 0 Å². The molecule has 4 rings (SSSR count). The first-order chi connectivity index (χ1) is 13.9. The molecule has 2 heterocycles. The second-order valence-corrected chi connectivity index (χ2v) is 9.88. The van der Waals surface area contributed by atoms with Crippen LogP contribution in [0.5, 0.6) is 0 Å². The number of likely N-dealkylation sites (tertiary alicyclic amines) is 1. The van der Waals surface area contributed by atoms with Crippen LogP contribution >= 0.6 is 11.8 Å². The van der Waals surface area contributed by atoms with Gasteiger partial charge in [-0.05, 0) is 37.5 Å². The maximum atomic E-state index is 12.8. The van der Waals surface area contributed by atoms with Crippen LogP contribution in [0, 0.1) is 11.8 Å². The lowest BCUT2D eigenvalue weighted by atomic mass is 9.80. The minimum Gasteiger partial charge on any atom is -0.468 e. The number of carbonyl (C=O) groups excluding carboxylic acids is 3. The third-order valence-electron chi connectivity index (χ3n) is 6.71. The molecule has 3 fully saturated rings. The van der Waals surface area contributed by atoms with Crippen molar-refractivity contribution in [3.05, 3.63) is 29.8 Å². The van der Waals surface area contributed by atoms with Crippen molar-refractivity contribution in [2.45, 2.75) is 60.8 Å². The lowest BCUT2D eigenvalue weighted by molar-refractivity contribution is -0.152. The number of nitrogens with one attached hydrogen (secondary N) is 1.